The predicted molar refractivity (Wildman–Crippen MR) is 136 cm³/mol. The second kappa shape index (κ2) is 9.33. The molecule has 1 aromatic heterocycles. The molecule has 3 aromatic carbocycles. The quantitative estimate of drug-likeness (QED) is 0.298. The van der Waals surface area contributed by atoms with Gasteiger partial charge in [0.15, 0.2) is 17.3 Å². The topological polar surface area (TPSA) is 58.9 Å². The molecular weight excluding hydrogens is 418 g/mol. The van der Waals surface area contributed by atoms with E-state index in [1.54, 1.807) is 18.2 Å². The fourth-order valence-corrected chi connectivity index (χ4v) is 4.32. The molecule has 5 heteroatoms. The van der Waals surface area contributed by atoms with Crippen molar-refractivity contribution in [1.29, 1.82) is 5.26 Å². The van der Waals surface area contributed by atoms with Gasteiger partial charge < -0.3 is 0 Å². The maximum Gasteiger partial charge on any atom is 0.189 e. The monoisotopic (exact) mass is 445 g/mol. The minimum Gasteiger partial charge on any atom is -0.274 e. The van der Waals surface area contributed by atoms with Gasteiger partial charge in [0.25, 0.3) is 0 Å². The van der Waals surface area contributed by atoms with E-state index >= 15 is 0 Å². The van der Waals surface area contributed by atoms with Crippen molar-refractivity contribution in [2.45, 2.75) is 46.5 Å². The van der Waals surface area contributed by atoms with E-state index in [2.05, 4.69) is 90.6 Å². The van der Waals surface area contributed by atoms with E-state index in [1.807, 2.05) is 12.1 Å². The number of hydrogen-bond donors (Lipinski definition) is 0. The lowest BCUT2D eigenvalue weighted by Gasteiger charge is -2.23. The number of rotatable bonds is 5. The Hall–Kier alpha value is -4.22. The van der Waals surface area contributed by atoms with Crippen LogP contribution in [0.2, 0.25) is 0 Å². The van der Waals surface area contributed by atoms with Gasteiger partial charge in [-0.1, -0.05) is 70.2 Å². The molecular formula is C29H27N5. The van der Waals surface area contributed by atoms with Gasteiger partial charge >= 0.3 is 0 Å². The van der Waals surface area contributed by atoms with Gasteiger partial charge in [-0.2, -0.15) is 5.26 Å². The molecule has 0 N–H and O–H groups in total. The third-order valence-corrected chi connectivity index (χ3v) is 6.05. The van der Waals surface area contributed by atoms with Crippen LogP contribution < -0.4 is 0 Å². The van der Waals surface area contributed by atoms with Crippen molar-refractivity contribution >= 4 is 5.69 Å². The summed E-state index contributed by atoms with van der Waals surface area (Å²) >= 11 is 0. The Morgan fingerprint density at radius 1 is 0.882 bits per heavy atom. The Kier molecular flexibility index (Phi) is 6.30. The molecule has 5 nitrogen and oxygen atoms in total. The van der Waals surface area contributed by atoms with Gasteiger partial charge in [-0.3, -0.25) is 4.57 Å². The van der Waals surface area contributed by atoms with E-state index < -0.39 is 0 Å². The van der Waals surface area contributed by atoms with Crippen LogP contribution in [0.3, 0.4) is 0 Å². The van der Waals surface area contributed by atoms with Crippen LogP contribution in [0.5, 0.6) is 0 Å². The first-order valence-electron chi connectivity index (χ1n) is 11.4. The molecule has 0 atom stereocenters. The summed E-state index contributed by atoms with van der Waals surface area (Å²) in [6, 6.07) is 21.9. The first-order chi connectivity index (χ1) is 16.3. The van der Waals surface area contributed by atoms with Crippen molar-refractivity contribution < 1.29 is 0 Å². The number of nitriles is 1. The summed E-state index contributed by atoms with van der Waals surface area (Å²) in [5.74, 6) is 1.92. The average molecular weight is 446 g/mol. The van der Waals surface area contributed by atoms with Crippen molar-refractivity contribution in [3.63, 3.8) is 0 Å². The van der Waals surface area contributed by atoms with Crippen molar-refractivity contribution in [2.24, 2.45) is 0 Å². The highest BCUT2D eigenvalue weighted by molar-refractivity contribution is 5.73. The fourth-order valence-electron chi connectivity index (χ4n) is 4.32. The van der Waals surface area contributed by atoms with Crippen LogP contribution in [-0.2, 0) is 0 Å². The molecule has 1 heterocycles. The Morgan fingerprint density at radius 2 is 1.53 bits per heavy atom. The maximum absolute atomic E-state index is 9.57. The second-order valence-electron chi connectivity index (χ2n) is 9.08. The molecule has 0 fully saturated rings. The van der Waals surface area contributed by atoms with Crippen LogP contribution in [-0.4, -0.2) is 14.8 Å². The maximum atomic E-state index is 9.57. The summed E-state index contributed by atoms with van der Waals surface area (Å²) in [6.07, 6.45) is 0. The second-order valence-corrected chi connectivity index (χ2v) is 9.08. The number of benzene rings is 3. The normalized spacial score (nSPS) is 11.0. The summed E-state index contributed by atoms with van der Waals surface area (Å²) in [5, 5.41) is 18.9. The Bertz CT molecular complexity index is 1390. The Labute approximate surface area is 201 Å². The van der Waals surface area contributed by atoms with E-state index in [4.69, 9.17) is 6.57 Å². The molecule has 0 bridgehead atoms. The van der Waals surface area contributed by atoms with E-state index in [9.17, 15) is 5.26 Å². The fraction of sp³-hybridized carbons (Fsp3) is 0.241. The first kappa shape index (κ1) is 23.0. The van der Waals surface area contributed by atoms with Gasteiger partial charge in [0, 0.05) is 16.7 Å². The first-order valence-corrected chi connectivity index (χ1v) is 11.4. The van der Waals surface area contributed by atoms with Crippen LogP contribution in [0.25, 0.3) is 33.3 Å². The molecule has 0 saturated carbocycles. The average Bonchev–Trinajstić information content (AvgIpc) is 3.27. The van der Waals surface area contributed by atoms with E-state index in [-0.39, 0.29) is 11.8 Å². The third-order valence-electron chi connectivity index (χ3n) is 6.05. The number of aromatic nitrogens is 3. The van der Waals surface area contributed by atoms with Gasteiger partial charge in [0.1, 0.15) is 0 Å². The van der Waals surface area contributed by atoms with Crippen molar-refractivity contribution in [2.75, 3.05) is 0 Å². The Morgan fingerprint density at radius 3 is 2.12 bits per heavy atom. The highest BCUT2D eigenvalue weighted by Crippen LogP contribution is 2.38. The molecule has 0 aliphatic heterocycles. The standard InChI is InChI=1S/C29H27N5/c1-18(2)24-12-9-13-25(19(3)4)27(24)34-28(22-14-21(17-30)15-23(16-22)31-6)32-33-29(34)26-11-8-7-10-20(26)5/h7-16,18-19H,1-5H3. The molecule has 0 spiro atoms. The molecule has 0 aliphatic rings. The number of nitrogens with zero attached hydrogens (tertiary/aromatic N) is 5. The lowest BCUT2D eigenvalue weighted by molar-refractivity contribution is 0.807. The van der Waals surface area contributed by atoms with Gasteiger partial charge in [-0.15, -0.1) is 10.2 Å². The van der Waals surface area contributed by atoms with Crippen LogP contribution in [0, 0.1) is 24.8 Å². The molecule has 34 heavy (non-hydrogen) atoms. The summed E-state index contributed by atoms with van der Waals surface area (Å²) in [6.45, 7) is 18.3. The molecule has 4 rings (SSSR count). The van der Waals surface area contributed by atoms with Crippen LogP contribution >= 0.6 is 0 Å². The van der Waals surface area contributed by atoms with Gasteiger partial charge in [-0.05, 0) is 53.6 Å². The SMILES string of the molecule is [C-]#[N+]c1cc(C#N)cc(-c2nnc(-c3ccccc3C)n2-c2c(C(C)C)cccc2C(C)C)c1. The summed E-state index contributed by atoms with van der Waals surface area (Å²) in [7, 11) is 0. The molecule has 168 valence electrons. The molecule has 4 aromatic rings. The van der Waals surface area contributed by atoms with E-state index in [1.165, 1.54) is 11.1 Å². The van der Waals surface area contributed by atoms with Gasteiger partial charge in [0.05, 0.1) is 18.3 Å². The van der Waals surface area contributed by atoms with Crippen LogP contribution in [0.15, 0.2) is 60.7 Å². The Balaban J connectivity index is 2.16. The lowest BCUT2D eigenvalue weighted by atomic mass is 9.92. The number of hydrogen-bond acceptors (Lipinski definition) is 3. The molecule has 0 unspecified atom stereocenters. The smallest absolute Gasteiger partial charge is 0.189 e. The van der Waals surface area contributed by atoms with Gasteiger partial charge in [0.2, 0.25) is 0 Å². The lowest BCUT2D eigenvalue weighted by Crippen LogP contribution is -2.10. The van der Waals surface area contributed by atoms with Gasteiger partial charge in [-0.25, -0.2) is 4.85 Å². The van der Waals surface area contributed by atoms with Crippen molar-refractivity contribution in [3.05, 3.63) is 94.3 Å². The highest BCUT2D eigenvalue weighted by Gasteiger charge is 2.24. The zero-order valence-electron chi connectivity index (χ0n) is 20.2. The molecule has 0 amide bonds. The number of aryl methyl sites for hydroxylation is 1. The minimum atomic E-state index is 0.276. The highest BCUT2D eigenvalue weighted by atomic mass is 15.3. The minimum absolute atomic E-state index is 0.276. The zero-order valence-corrected chi connectivity index (χ0v) is 20.2. The predicted octanol–water partition coefficient (Wildman–Crippen LogP) is 7.58. The molecule has 0 radical (unpaired) electrons. The zero-order chi connectivity index (χ0) is 24.4. The van der Waals surface area contributed by atoms with Crippen molar-refractivity contribution in [1.82, 2.24) is 14.8 Å². The molecule has 0 aliphatic carbocycles. The van der Waals surface area contributed by atoms with Crippen molar-refractivity contribution in [3.8, 4) is 34.5 Å². The van der Waals surface area contributed by atoms with Crippen LogP contribution in [0.1, 0.15) is 61.8 Å². The summed E-state index contributed by atoms with van der Waals surface area (Å²) in [4.78, 5) is 3.58. The summed E-state index contributed by atoms with van der Waals surface area (Å²) < 4.78 is 2.12. The third kappa shape index (κ3) is 4.09. The van der Waals surface area contributed by atoms with E-state index in [0.717, 1.165) is 22.6 Å². The van der Waals surface area contributed by atoms with E-state index in [0.29, 0.717) is 22.6 Å². The summed E-state index contributed by atoms with van der Waals surface area (Å²) in [5.41, 5.74) is 7.09. The van der Waals surface area contributed by atoms with Crippen LogP contribution in [0.4, 0.5) is 5.69 Å². The number of para-hydroxylation sites is 1. The largest absolute Gasteiger partial charge is 0.274 e. The molecule has 0 saturated heterocycles.